The zero-order valence-corrected chi connectivity index (χ0v) is 9.45. The zero-order chi connectivity index (χ0) is 10.7. The second-order valence-corrected chi connectivity index (χ2v) is 4.45. The minimum absolute atomic E-state index is 0.751. The molecule has 1 saturated heterocycles. The van der Waals surface area contributed by atoms with Gasteiger partial charge in [-0.05, 0) is 50.0 Å². The van der Waals surface area contributed by atoms with Crippen molar-refractivity contribution in [2.45, 2.75) is 18.8 Å². The molecule has 1 aliphatic heterocycles. The number of hydrogen-bond donors (Lipinski definition) is 0. The Morgan fingerprint density at radius 3 is 2.73 bits per heavy atom. The van der Waals surface area contributed by atoms with Gasteiger partial charge in [0.25, 0.3) is 0 Å². The van der Waals surface area contributed by atoms with Crippen molar-refractivity contribution < 1.29 is 0 Å². The molecule has 0 bridgehead atoms. The van der Waals surface area contributed by atoms with Gasteiger partial charge in [-0.15, -0.1) is 0 Å². The van der Waals surface area contributed by atoms with E-state index < -0.39 is 0 Å². The van der Waals surface area contributed by atoms with Crippen molar-refractivity contribution in [3.63, 3.8) is 0 Å². The summed E-state index contributed by atoms with van der Waals surface area (Å²) < 4.78 is 0. The number of benzene rings is 1. The summed E-state index contributed by atoms with van der Waals surface area (Å²) in [4.78, 5) is 2.41. The van der Waals surface area contributed by atoms with Crippen LogP contribution in [0.4, 0.5) is 0 Å². The Bertz CT molecular complexity index is 335. The molecule has 0 radical (unpaired) electrons. The summed E-state index contributed by atoms with van der Waals surface area (Å²) in [5.41, 5.74) is 2.73. The van der Waals surface area contributed by atoms with E-state index in [4.69, 9.17) is 0 Å². The van der Waals surface area contributed by atoms with E-state index >= 15 is 0 Å². The summed E-state index contributed by atoms with van der Waals surface area (Å²) in [5.74, 6) is 0.751. The third-order valence-corrected chi connectivity index (χ3v) is 3.34. The Morgan fingerprint density at radius 1 is 1.33 bits per heavy atom. The van der Waals surface area contributed by atoms with E-state index in [1.807, 2.05) is 6.08 Å². The van der Waals surface area contributed by atoms with E-state index in [0.717, 1.165) is 5.92 Å². The van der Waals surface area contributed by atoms with Crippen LogP contribution in [0.2, 0.25) is 0 Å². The first-order valence-electron chi connectivity index (χ1n) is 5.70. The SMILES string of the molecule is C=Cc1cccc(C2CCN(C)CC2)c1. The van der Waals surface area contributed by atoms with Crippen molar-refractivity contribution in [2.75, 3.05) is 20.1 Å². The van der Waals surface area contributed by atoms with E-state index in [1.54, 1.807) is 0 Å². The molecule has 0 amide bonds. The van der Waals surface area contributed by atoms with Crippen LogP contribution in [0.25, 0.3) is 6.08 Å². The fourth-order valence-corrected chi connectivity index (χ4v) is 2.28. The molecule has 1 heterocycles. The Kier molecular flexibility index (Phi) is 3.22. The maximum absolute atomic E-state index is 3.82. The predicted molar refractivity (Wildman–Crippen MR) is 66.0 cm³/mol. The van der Waals surface area contributed by atoms with E-state index in [1.165, 1.54) is 37.1 Å². The molecule has 0 N–H and O–H groups in total. The molecule has 1 heteroatoms. The summed E-state index contributed by atoms with van der Waals surface area (Å²) in [6.07, 6.45) is 4.51. The average molecular weight is 201 g/mol. The first kappa shape index (κ1) is 10.4. The van der Waals surface area contributed by atoms with Crippen LogP contribution < -0.4 is 0 Å². The molecule has 0 aliphatic carbocycles. The fraction of sp³-hybridized carbons (Fsp3) is 0.429. The monoisotopic (exact) mass is 201 g/mol. The second kappa shape index (κ2) is 4.63. The lowest BCUT2D eigenvalue weighted by atomic mass is 9.89. The molecule has 1 nitrogen and oxygen atoms in total. The zero-order valence-electron chi connectivity index (χ0n) is 9.45. The first-order valence-corrected chi connectivity index (χ1v) is 5.70. The van der Waals surface area contributed by atoms with E-state index in [0.29, 0.717) is 0 Å². The van der Waals surface area contributed by atoms with Crippen LogP contribution in [-0.4, -0.2) is 25.0 Å². The second-order valence-electron chi connectivity index (χ2n) is 4.45. The first-order chi connectivity index (χ1) is 7.29. The minimum atomic E-state index is 0.751. The third-order valence-electron chi connectivity index (χ3n) is 3.34. The van der Waals surface area contributed by atoms with Crippen LogP contribution in [-0.2, 0) is 0 Å². The van der Waals surface area contributed by atoms with Gasteiger partial charge in [-0.25, -0.2) is 0 Å². The Balaban J connectivity index is 2.11. The molecule has 80 valence electrons. The van der Waals surface area contributed by atoms with Crippen molar-refractivity contribution in [3.8, 4) is 0 Å². The smallest absolute Gasteiger partial charge is 0.00159 e. The average Bonchev–Trinajstić information content (AvgIpc) is 2.30. The normalized spacial score (nSPS) is 19.0. The molecular formula is C14H19N. The highest BCUT2D eigenvalue weighted by atomic mass is 15.1. The van der Waals surface area contributed by atoms with Crippen LogP contribution in [0.1, 0.15) is 29.9 Å². The molecule has 0 atom stereocenters. The Hall–Kier alpha value is -1.08. The summed E-state index contributed by atoms with van der Waals surface area (Å²) >= 11 is 0. The summed E-state index contributed by atoms with van der Waals surface area (Å²) in [7, 11) is 2.20. The molecular weight excluding hydrogens is 182 g/mol. The van der Waals surface area contributed by atoms with Crippen LogP contribution in [0.3, 0.4) is 0 Å². The summed E-state index contributed by atoms with van der Waals surface area (Å²) in [6, 6.07) is 8.79. The highest BCUT2D eigenvalue weighted by Crippen LogP contribution is 2.27. The quantitative estimate of drug-likeness (QED) is 0.710. The van der Waals surface area contributed by atoms with Crippen molar-refractivity contribution in [1.82, 2.24) is 4.90 Å². The van der Waals surface area contributed by atoms with Gasteiger partial charge >= 0.3 is 0 Å². The Morgan fingerprint density at radius 2 is 2.07 bits per heavy atom. The van der Waals surface area contributed by atoms with Crippen LogP contribution in [0.15, 0.2) is 30.8 Å². The maximum atomic E-state index is 3.82. The molecule has 15 heavy (non-hydrogen) atoms. The van der Waals surface area contributed by atoms with Crippen LogP contribution in [0, 0.1) is 0 Å². The number of likely N-dealkylation sites (tertiary alicyclic amines) is 1. The maximum Gasteiger partial charge on any atom is -0.00159 e. The number of nitrogens with zero attached hydrogens (tertiary/aromatic N) is 1. The Labute approximate surface area is 92.4 Å². The van der Waals surface area contributed by atoms with Gasteiger partial charge in [0.2, 0.25) is 0 Å². The van der Waals surface area contributed by atoms with Crippen molar-refractivity contribution in [3.05, 3.63) is 42.0 Å². The lowest BCUT2D eigenvalue weighted by Crippen LogP contribution is -2.29. The number of hydrogen-bond acceptors (Lipinski definition) is 1. The van der Waals surface area contributed by atoms with Gasteiger partial charge in [-0.2, -0.15) is 0 Å². The highest BCUT2D eigenvalue weighted by Gasteiger charge is 2.17. The third kappa shape index (κ3) is 2.48. The number of piperidine rings is 1. The molecule has 2 rings (SSSR count). The predicted octanol–water partition coefficient (Wildman–Crippen LogP) is 3.14. The van der Waals surface area contributed by atoms with Gasteiger partial charge in [0.15, 0.2) is 0 Å². The van der Waals surface area contributed by atoms with Gasteiger partial charge in [0.05, 0.1) is 0 Å². The van der Waals surface area contributed by atoms with Crippen molar-refractivity contribution in [2.24, 2.45) is 0 Å². The largest absolute Gasteiger partial charge is 0.306 e. The van der Waals surface area contributed by atoms with Crippen LogP contribution >= 0.6 is 0 Å². The summed E-state index contributed by atoms with van der Waals surface area (Å²) in [5, 5.41) is 0. The minimum Gasteiger partial charge on any atom is -0.306 e. The lowest BCUT2D eigenvalue weighted by Gasteiger charge is -2.29. The van der Waals surface area contributed by atoms with E-state index in [-0.39, 0.29) is 0 Å². The summed E-state index contributed by atoms with van der Waals surface area (Å²) in [6.45, 7) is 6.27. The van der Waals surface area contributed by atoms with E-state index in [9.17, 15) is 0 Å². The fourth-order valence-electron chi connectivity index (χ4n) is 2.28. The number of rotatable bonds is 2. The molecule has 1 aromatic carbocycles. The molecule has 1 aromatic rings. The molecule has 0 saturated carbocycles. The van der Waals surface area contributed by atoms with Gasteiger partial charge in [0.1, 0.15) is 0 Å². The molecule has 0 aromatic heterocycles. The van der Waals surface area contributed by atoms with Crippen molar-refractivity contribution in [1.29, 1.82) is 0 Å². The van der Waals surface area contributed by atoms with Gasteiger partial charge in [-0.3, -0.25) is 0 Å². The molecule has 0 spiro atoms. The van der Waals surface area contributed by atoms with Crippen LogP contribution in [0.5, 0.6) is 0 Å². The molecule has 1 fully saturated rings. The molecule has 1 aliphatic rings. The van der Waals surface area contributed by atoms with E-state index in [2.05, 4.69) is 42.8 Å². The topological polar surface area (TPSA) is 3.24 Å². The van der Waals surface area contributed by atoms with Gasteiger partial charge < -0.3 is 4.90 Å². The highest BCUT2D eigenvalue weighted by molar-refractivity contribution is 5.48. The molecule has 0 unspecified atom stereocenters. The van der Waals surface area contributed by atoms with Crippen molar-refractivity contribution >= 4 is 6.08 Å². The van der Waals surface area contributed by atoms with Gasteiger partial charge in [-0.1, -0.05) is 36.9 Å². The lowest BCUT2D eigenvalue weighted by molar-refractivity contribution is 0.255. The van der Waals surface area contributed by atoms with Gasteiger partial charge in [0, 0.05) is 0 Å². The standard InChI is InChI=1S/C14H19N/c1-3-12-5-4-6-14(11-12)13-7-9-15(2)10-8-13/h3-6,11,13H,1,7-10H2,2H3.